The van der Waals surface area contributed by atoms with Crippen molar-refractivity contribution < 1.29 is 28.1 Å². The van der Waals surface area contributed by atoms with Crippen molar-refractivity contribution in [1.82, 2.24) is 19.5 Å². The predicted molar refractivity (Wildman–Crippen MR) is 178 cm³/mol. The van der Waals surface area contributed by atoms with Crippen molar-refractivity contribution >= 4 is 34.4 Å². The van der Waals surface area contributed by atoms with E-state index >= 15 is 0 Å². The van der Waals surface area contributed by atoms with E-state index in [0.29, 0.717) is 12.4 Å². The summed E-state index contributed by atoms with van der Waals surface area (Å²) < 4.78 is 48.3. The number of nitrogens with zero attached hydrogens (tertiary/aromatic N) is 4. The number of hydrogen-bond donors (Lipinski definition) is 1. The van der Waals surface area contributed by atoms with Gasteiger partial charge in [-0.1, -0.05) is 84.4 Å². The summed E-state index contributed by atoms with van der Waals surface area (Å²) in [5, 5.41) is -0.161. The first-order valence-electron chi connectivity index (χ1n) is 15.0. The van der Waals surface area contributed by atoms with Gasteiger partial charge in [-0.15, -0.1) is 0 Å². The van der Waals surface area contributed by atoms with E-state index < -0.39 is 30.1 Å². The maximum absolute atomic E-state index is 14.5. The Morgan fingerprint density at radius 2 is 1.60 bits per heavy atom. The Bertz CT molecular complexity index is 1840. The lowest BCUT2D eigenvalue weighted by Gasteiger charge is -2.33. The maximum Gasteiger partial charge on any atom is 0.358 e. The molecule has 0 radical (unpaired) electrons. The molecule has 0 bridgehead atoms. The molecule has 1 fully saturated rings. The van der Waals surface area contributed by atoms with Crippen LogP contribution >= 0.6 is 12.2 Å². The third kappa shape index (κ3) is 7.47. The summed E-state index contributed by atoms with van der Waals surface area (Å²) in [6.07, 6.45) is -0.375. The number of halogens is 1. The summed E-state index contributed by atoms with van der Waals surface area (Å²) in [7, 11) is 0. The molecule has 6 rings (SSSR count). The van der Waals surface area contributed by atoms with Gasteiger partial charge >= 0.3 is 11.3 Å². The Morgan fingerprint density at radius 3 is 2.26 bits per heavy atom. The molecular weight excluding hydrogens is 621 g/mol. The molecule has 242 valence electrons. The lowest BCUT2D eigenvalue weighted by molar-refractivity contribution is -0.129. The van der Waals surface area contributed by atoms with Crippen LogP contribution in [-0.2, 0) is 32.2 Å². The Morgan fingerprint density at radius 1 is 0.957 bits per heavy atom. The van der Waals surface area contributed by atoms with Gasteiger partial charge in [-0.05, 0) is 43.2 Å². The second-order valence-electron chi connectivity index (χ2n) is 11.3. The summed E-state index contributed by atoms with van der Waals surface area (Å²) in [5.41, 5.74) is 7.99. The van der Waals surface area contributed by atoms with Gasteiger partial charge in [-0.25, -0.2) is 4.98 Å². The Balaban J connectivity index is 1.43. The quantitative estimate of drug-likeness (QED) is 0.0983. The summed E-state index contributed by atoms with van der Waals surface area (Å²) in [4.78, 5) is 12.0. The number of allylic oxidation sites excluding steroid dienone is 1. The smallest absolute Gasteiger partial charge is 0.358 e. The fourth-order valence-corrected chi connectivity index (χ4v) is 5.81. The summed E-state index contributed by atoms with van der Waals surface area (Å²) in [6, 6.07) is 28.6. The van der Waals surface area contributed by atoms with Crippen molar-refractivity contribution in [3.05, 3.63) is 126 Å². The van der Waals surface area contributed by atoms with Crippen LogP contribution in [0.15, 0.2) is 109 Å². The highest BCUT2D eigenvalue weighted by atomic mass is 32.1. The number of benzene rings is 3. The minimum absolute atomic E-state index is 0.0767. The molecule has 2 aromatic heterocycles. The van der Waals surface area contributed by atoms with Crippen LogP contribution in [0.4, 0.5) is 10.2 Å². The van der Waals surface area contributed by atoms with Crippen LogP contribution in [0.25, 0.3) is 11.2 Å². The zero-order valence-electron chi connectivity index (χ0n) is 25.9. The standard InChI is InChI=1S/C35H34FN5O5S/c1-23(2)18-35(21-42-19-24-12-6-3-7-13-24)29(43-20-25-14-8-4-9-15-25)28(45-34(47)44-26-16-10-5-11-17-26)32(46-35)41-22-38-27-30(37)39-33(36)40-31(27)41/h3-18,22,28-29,32H,19-21H2,1-2H3,(H2,37,39,40)/t28-,29+,32-,35-/m1/s1. The van der Waals surface area contributed by atoms with Crippen LogP contribution in [0, 0.1) is 6.08 Å². The Hall–Kier alpha value is -4.75. The number of nitrogens with two attached hydrogens (primary N) is 1. The lowest BCUT2D eigenvalue weighted by Crippen LogP contribution is -2.48. The second-order valence-corrected chi connectivity index (χ2v) is 11.7. The molecule has 0 spiro atoms. The van der Waals surface area contributed by atoms with E-state index in [1.165, 1.54) is 6.33 Å². The van der Waals surface area contributed by atoms with Crippen molar-refractivity contribution in [3.8, 4) is 5.75 Å². The van der Waals surface area contributed by atoms with Gasteiger partial charge in [-0.2, -0.15) is 14.4 Å². The number of imidazole rings is 1. The van der Waals surface area contributed by atoms with E-state index in [0.717, 1.165) is 16.7 Å². The predicted octanol–water partition coefficient (Wildman–Crippen LogP) is 6.33. The van der Waals surface area contributed by atoms with E-state index in [-0.39, 0.29) is 35.4 Å². The van der Waals surface area contributed by atoms with Crippen LogP contribution in [-0.4, -0.2) is 49.2 Å². The Kier molecular flexibility index (Phi) is 9.83. The first-order chi connectivity index (χ1) is 22.8. The molecule has 0 aliphatic carbocycles. The SMILES string of the molecule is CC(C)=C[C@]1(COCc2ccccc2)O[C@@H](n2cnc3c(N)nc(F)nc32)[C@H](OC(=S)Oc2ccccc2)[C@@H]1OCc1ccccc1. The van der Waals surface area contributed by atoms with Gasteiger partial charge in [0, 0.05) is 12.2 Å². The van der Waals surface area contributed by atoms with E-state index in [1.807, 2.05) is 98.8 Å². The molecule has 1 saturated heterocycles. The van der Waals surface area contributed by atoms with Crippen LogP contribution in [0.3, 0.4) is 0 Å². The number of rotatable bonds is 11. The summed E-state index contributed by atoms with van der Waals surface area (Å²) in [5.74, 6) is 0.385. The number of anilines is 1. The van der Waals surface area contributed by atoms with E-state index in [2.05, 4.69) is 15.0 Å². The number of fused-ring (bicyclic) bond motifs is 1. The molecule has 2 N–H and O–H groups in total. The molecule has 0 unspecified atom stereocenters. The second kappa shape index (κ2) is 14.3. The van der Waals surface area contributed by atoms with E-state index in [4.69, 9.17) is 41.6 Å². The largest absolute Gasteiger partial charge is 0.445 e. The number of hydrogen-bond acceptors (Lipinski definition) is 10. The molecule has 1 aliphatic rings. The molecule has 1 aliphatic heterocycles. The number of ether oxygens (including phenoxy) is 5. The molecule has 3 aromatic carbocycles. The monoisotopic (exact) mass is 655 g/mol. The van der Waals surface area contributed by atoms with Crippen molar-refractivity contribution in [2.24, 2.45) is 0 Å². The molecule has 0 amide bonds. The molecular formula is C35H34FN5O5S. The van der Waals surface area contributed by atoms with Gasteiger partial charge in [0.25, 0.3) is 0 Å². The van der Waals surface area contributed by atoms with Gasteiger partial charge in [-0.3, -0.25) is 4.57 Å². The zero-order valence-corrected chi connectivity index (χ0v) is 26.7. The highest BCUT2D eigenvalue weighted by Gasteiger charge is 2.58. The minimum Gasteiger partial charge on any atom is -0.445 e. The first kappa shape index (κ1) is 32.2. The third-order valence-corrected chi connectivity index (χ3v) is 7.70. The van der Waals surface area contributed by atoms with Gasteiger partial charge in [0.05, 0.1) is 26.1 Å². The van der Waals surface area contributed by atoms with Gasteiger partial charge in [0.2, 0.25) is 0 Å². The molecule has 12 heteroatoms. The highest BCUT2D eigenvalue weighted by Crippen LogP contribution is 2.44. The molecule has 47 heavy (non-hydrogen) atoms. The number of aromatic nitrogens is 4. The average Bonchev–Trinajstić information content (AvgIpc) is 3.60. The maximum atomic E-state index is 14.5. The van der Waals surface area contributed by atoms with Crippen LogP contribution < -0.4 is 10.5 Å². The van der Waals surface area contributed by atoms with Crippen molar-refractivity contribution in [2.75, 3.05) is 12.3 Å². The minimum atomic E-state index is -1.21. The number of thiocarbonyl (C=S) groups is 1. The number of nitrogen functional groups attached to an aromatic ring is 1. The average molecular weight is 656 g/mol. The zero-order chi connectivity index (χ0) is 32.8. The fraction of sp³-hybridized carbons (Fsp3) is 0.257. The summed E-state index contributed by atoms with van der Waals surface area (Å²) in [6.45, 7) is 4.53. The normalized spacial score (nSPS) is 20.6. The summed E-state index contributed by atoms with van der Waals surface area (Å²) >= 11 is 5.60. The molecule has 0 saturated carbocycles. The number of para-hydroxylation sites is 1. The molecule has 3 heterocycles. The van der Waals surface area contributed by atoms with E-state index in [9.17, 15) is 4.39 Å². The van der Waals surface area contributed by atoms with Gasteiger partial charge in [0.1, 0.15) is 17.5 Å². The van der Waals surface area contributed by atoms with Crippen molar-refractivity contribution in [2.45, 2.75) is 51.1 Å². The Labute approximate surface area is 276 Å². The fourth-order valence-electron chi connectivity index (χ4n) is 5.60. The topological polar surface area (TPSA) is 116 Å². The van der Waals surface area contributed by atoms with Gasteiger partial charge < -0.3 is 29.4 Å². The van der Waals surface area contributed by atoms with Crippen LogP contribution in [0.1, 0.15) is 31.2 Å². The van der Waals surface area contributed by atoms with E-state index in [1.54, 1.807) is 16.7 Å². The highest BCUT2D eigenvalue weighted by molar-refractivity contribution is 7.79. The molecule has 4 atom stereocenters. The van der Waals surface area contributed by atoms with Crippen LogP contribution in [0.2, 0.25) is 0 Å². The molecule has 10 nitrogen and oxygen atoms in total. The third-order valence-electron chi connectivity index (χ3n) is 7.52. The van der Waals surface area contributed by atoms with Crippen molar-refractivity contribution in [1.29, 1.82) is 0 Å². The van der Waals surface area contributed by atoms with Crippen molar-refractivity contribution in [3.63, 3.8) is 0 Å². The van der Waals surface area contributed by atoms with Crippen LogP contribution in [0.5, 0.6) is 5.75 Å². The lowest BCUT2D eigenvalue weighted by atomic mass is 9.93. The molecule has 5 aromatic rings. The first-order valence-corrected chi connectivity index (χ1v) is 15.4. The van der Waals surface area contributed by atoms with Gasteiger partial charge in [0.15, 0.2) is 29.3 Å².